The zero-order valence-electron chi connectivity index (χ0n) is 21.2. The van der Waals surface area contributed by atoms with Crippen molar-refractivity contribution in [1.29, 1.82) is 0 Å². The van der Waals surface area contributed by atoms with E-state index in [-0.39, 0.29) is 48.3 Å². The van der Waals surface area contributed by atoms with Gasteiger partial charge in [-0.05, 0) is 70.1 Å². The Balaban J connectivity index is 1.13. The standard InChI is InChI=1S/C26H40F4N4O2/c1-16-5-6-20(27)19-14-21(32-23(16)19)24(36)31-17-3-2-4-18(13-17)33-11-9-25(10-12-33)8-7-22(35)34(25)15-26(28,29)30/h16-21,23,32H,2-15H2,1H3,(H,31,36)/t16?,17-,18-,19?,20?,21?,23?/m1/s1. The largest absolute Gasteiger partial charge is 0.406 e. The molecular weight excluding hydrogens is 476 g/mol. The Morgan fingerprint density at radius 1 is 1.11 bits per heavy atom. The molecule has 3 saturated heterocycles. The van der Waals surface area contributed by atoms with Crippen LogP contribution in [-0.4, -0.2) is 83.3 Å². The number of hydrogen-bond donors (Lipinski definition) is 2. The van der Waals surface area contributed by atoms with Gasteiger partial charge in [0.1, 0.15) is 12.7 Å². The summed E-state index contributed by atoms with van der Waals surface area (Å²) in [6, 6.07) is 0.0751. The zero-order chi connectivity index (χ0) is 25.7. The molecule has 7 atom stereocenters. The molecule has 10 heteroatoms. The maximum Gasteiger partial charge on any atom is 0.406 e. The van der Waals surface area contributed by atoms with Gasteiger partial charge in [-0.3, -0.25) is 9.59 Å². The van der Waals surface area contributed by atoms with E-state index in [0.717, 1.165) is 37.0 Å². The Morgan fingerprint density at radius 3 is 2.56 bits per heavy atom. The van der Waals surface area contributed by atoms with Crippen LogP contribution in [0.4, 0.5) is 17.6 Å². The lowest BCUT2D eigenvalue weighted by Crippen LogP contribution is -2.58. The first-order valence-electron chi connectivity index (χ1n) is 13.9. The minimum Gasteiger partial charge on any atom is -0.352 e. The molecule has 6 nitrogen and oxygen atoms in total. The molecule has 3 heterocycles. The predicted molar refractivity (Wildman–Crippen MR) is 127 cm³/mol. The summed E-state index contributed by atoms with van der Waals surface area (Å²) in [5.41, 5.74) is -0.665. The Kier molecular flexibility index (Phi) is 7.31. The second-order valence-electron chi connectivity index (χ2n) is 12.1. The fourth-order valence-electron chi connectivity index (χ4n) is 7.86. The Morgan fingerprint density at radius 2 is 1.86 bits per heavy atom. The van der Waals surface area contributed by atoms with E-state index in [2.05, 4.69) is 22.5 Å². The summed E-state index contributed by atoms with van der Waals surface area (Å²) in [7, 11) is 0. The van der Waals surface area contributed by atoms with Crippen LogP contribution in [0.15, 0.2) is 0 Å². The van der Waals surface area contributed by atoms with Gasteiger partial charge in [0.2, 0.25) is 11.8 Å². The van der Waals surface area contributed by atoms with Crippen molar-refractivity contribution in [2.75, 3.05) is 19.6 Å². The van der Waals surface area contributed by atoms with Crippen molar-refractivity contribution in [1.82, 2.24) is 20.4 Å². The van der Waals surface area contributed by atoms with E-state index >= 15 is 0 Å². The van der Waals surface area contributed by atoms with Gasteiger partial charge >= 0.3 is 6.18 Å². The number of likely N-dealkylation sites (tertiary alicyclic amines) is 2. The maximum absolute atomic E-state index is 14.4. The smallest absolute Gasteiger partial charge is 0.352 e. The van der Waals surface area contributed by atoms with E-state index in [4.69, 9.17) is 0 Å². The van der Waals surface area contributed by atoms with Crippen LogP contribution in [0, 0.1) is 11.8 Å². The second-order valence-corrected chi connectivity index (χ2v) is 12.1. The SMILES string of the molecule is CC1CCC(F)C2CC(C(=O)N[C@@H]3CCC[C@@H](N4CCC5(CCC(=O)N5CC(F)(F)F)CC4)C3)NC12. The minimum atomic E-state index is -4.38. The fourth-order valence-corrected chi connectivity index (χ4v) is 7.86. The van der Waals surface area contributed by atoms with Crippen LogP contribution in [0.2, 0.25) is 0 Å². The lowest BCUT2D eigenvalue weighted by molar-refractivity contribution is -0.170. The maximum atomic E-state index is 14.4. The quantitative estimate of drug-likeness (QED) is 0.561. The third-order valence-corrected chi connectivity index (χ3v) is 9.91. The number of halogens is 4. The highest BCUT2D eigenvalue weighted by Gasteiger charge is 2.51. The molecule has 1 spiro atoms. The van der Waals surface area contributed by atoms with Crippen LogP contribution in [0.1, 0.15) is 77.6 Å². The Bertz CT molecular complexity index is 813. The van der Waals surface area contributed by atoms with Crippen molar-refractivity contribution < 1.29 is 27.2 Å². The molecule has 2 amide bonds. The van der Waals surface area contributed by atoms with Gasteiger partial charge in [0.05, 0.1) is 6.04 Å². The van der Waals surface area contributed by atoms with Gasteiger partial charge in [0, 0.05) is 49.1 Å². The van der Waals surface area contributed by atoms with Crippen molar-refractivity contribution >= 4 is 11.8 Å². The number of carbonyl (C=O) groups is 2. The van der Waals surface area contributed by atoms with E-state index in [0.29, 0.717) is 51.1 Å². The topological polar surface area (TPSA) is 64.7 Å². The molecule has 5 unspecified atom stereocenters. The molecule has 0 radical (unpaired) electrons. The summed E-state index contributed by atoms with van der Waals surface area (Å²) in [4.78, 5) is 28.8. The molecular formula is C26H40F4N4O2. The number of piperidine rings is 1. The fraction of sp³-hybridized carbons (Fsp3) is 0.923. The third-order valence-electron chi connectivity index (χ3n) is 9.91. The van der Waals surface area contributed by atoms with Gasteiger partial charge in [0.15, 0.2) is 0 Å². The molecule has 2 aliphatic carbocycles. The van der Waals surface area contributed by atoms with Crippen molar-refractivity contribution in [2.24, 2.45) is 11.8 Å². The lowest BCUT2D eigenvalue weighted by atomic mass is 9.77. The molecule has 5 fully saturated rings. The Hall–Kier alpha value is -1.42. The van der Waals surface area contributed by atoms with Crippen LogP contribution in [-0.2, 0) is 9.59 Å². The van der Waals surface area contributed by atoms with Crippen LogP contribution < -0.4 is 10.6 Å². The van der Waals surface area contributed by atoms with Crippen LogP contribution in [0.3, 0.4) is 0 Å². The van der Waals surface area contributed by atoms with E-state index in [1.807, 2.05) is 0 Å². The Labute approximate surface area is 210 Å². The lowest BCUT2D eigenvalue weighted by Gasteiger charge is -2.48. The normalized spacial score (nSPS) is 39.4. The van der Waals surface area contributed by atoms with Gasteiger partial charge in [0.25, 0.3) is 0 Å². The molecule has 0 aromatic rings. The number of carbonyl (C=O) groups excluding carboxylic acids is 2. The average Bonchev–Trinajstić information content (AvgIpc) is 3.41. The average molecular weight is 517 g/mol. The number of amides is 2. The monoisotopic (exact) mass is 516 g/mol. The number of rotatable bonds is 4. The number of fused-ring (bicyclic) bond motifs is 1. The van der Waals surface area contributed by atoms with Crippen LogP contribution >= 0.6 is 0 Å². The zero-order valence-corrected chi connectivity index (χ0v) is 21.2. The number of hydrogen-bond acceptors (Lipinski definition) is 4. The number of alkyl halides is 4. The highest BCUT2D eigenvalue weighted by atomic mass is 19.4. The van der Waals surface area contributed by atoms with Crippen LogP contribution in [0.25, 0.3) is 0 Å². The highest BCUT2D eigenvalue weighted by Crippen LogP contribution is 2.42. The molecule has 2 saturated carbocycles. The van der Waals surface area contributed by atoms with Crippen molar-refractivity contribution in [3.05, 3.63) is 0 Å². The molecule has 36 heavy (non-hydrogen) atoms. The molecule has 5 rings (SSSR count). The van der Waals surface area contributed by atoms with Gasteiger partial charge in [-0.25, -0.2) is 4.39 Å². The second kappa shape index (κ2) is 10.0. The summed E-state index contributed by atoms with van der Waals surface area (Å²) in [5, 5.41) is 6.64. The van der Waals surface area contributed by atoms with Crippen LogP contribution in [0.5, 0.6) is 0 Å². The van der Waals surface area contributed by atoms with E-state index < -0.39 is 24.4 Å². The minimum absolute atomic E-state index is 0.0284. The number of nitrogens with one attached hydrogen (secondary N) is 2. The highest BCUT2D eigenvalue weighted by molar-refractivity contribution is 5.82. The molecule has 0 aromatic heterocycles. The van der Waals surface area contributed by atoms with Crippen molar-refractivity contribution in [2.45, 2.75) is 120 Å². The summed E-state index contributed by atoms with van der Waals surface area (Å²) in [6.45, 7) is 2.34. The summed E-state index contributed by atoms with van der Waals surface area (Å²) in [6.07, 6.45) is 2.37. The van der Waals surface area contributed by atoms with Gasteiger partial charge in [-0.1, -0.05) is 6.92 Å². The molecule has 3 aliphatic heterocycles. The first-order valence-corrected chi connectivity index (χ1v) is 13.9. The first-order chi connectivity index (χ1) is 17.0. The van der Waals surface area contributed by atoms with Gasteiger partial charge in [-0.15, -0.1) is 0 Å². The summed E-state index contributed by atoms with van der Waals surface area (Å²) >= 11 is 0. The number of nitrogens with zero attached hydrogens (tertiary/aromatic N) is 2. The molecule has 204 valence electrons. The van der Waals surface area contributed by atoms with E-state index in [1.165, 1.54) is 0 Å². The molecule has 5 aliphatic rings. The van der Waals surface area contributed by atoms with Gasteiger partial charge in [-0.2, -0.15) is 13.2 Å². The van der Waals surface area contributed by atoms with E-state index in [9.17, 15) is 27.2 Å². The summed E-state index contributed by atoms with van der Waals surface area (Å²) < 4.78 is 53.8. The van der Waals surface area contributed by atoms with Crippen molar-refractivity contribution in [3.63, 3.8) is 0 Å². The molecule has 0 bridgehead atoms. The van der Waals surface area contributed by atoms with Gasteiger partial charge < -0.3 is 20.4 Å². The predicted octanol–water partition coefficient (Wildman–Crippen LogP) is 3.55. The molecule has 0 aromatic carbocycles. The van der Waals surface area contributed by atoms with E-state index in [1.54, 1.807) is 0 Å². The van der Waals surface area contributed by atoms with Crippen molar-refractivity contribution in [3.8, 4) is 0 Å². The summed E-state index contributed by atoms with van der Waals surface area (Å²) in [5.74, 6) is -0.110. The molecule has 2 N–H and O–H groups in total. The third kappa shape index (κ3) is 5.26. The first kappa shape index (κ1) is 26.2.